The highest BCUT2D eigenvalue weighted by molar-refractivity contribution is 5.89. The number of carbonyl (C=O) groups excluding carboxylic acids is 1. The summed E-state index contributed by atoms with van der Waals surface area (Å²) < 4.78 is 18.4. The molecule has 0 spiro atoms. The van der Waals surface area contributed by atoms with Crippen LogP contribution < -0.4 is 5.32 Å². The van der Waals surface area contributed by atoms with E-state index in [4.69, 9.17) is 4.52 Å². The van der Waals surface area contributed by atoms with Crippen LogP contribution in [0.2, 0.25) is 0 Å². The molecule has 2 aromatic carbocycles. The van der Waals surface area contributed by atoms with Crippen molar-refractivity contribution in [3.05, 3.63) is 66.3 Å². The normalized spacial score (nSPS) is 16.7. The minimum absolute atomic E-state index is 0.264. The molecule has 132 valence electrons. The fourth-order valence-corrected chi connectivity index (χ4v) is 3.07. The first kappa shape index (κ1) is 16.3. The Morgan fingerprint density at radius 2 is 1.92 bits per heavy atom. The van der Waals surface area contributed by atoms with Crippen LogP contribution in [0.4, 0.5) is 14.9 Å². The summed E-state index contributed by atoms with van der Waals surface area (Å²) in [5, 5.41) is 6.81. The Morgan fingerprint density at radius 3 is 2.69 bits per heavy atom. The lowest BCUT2D eigenvalue weighted by Crippen LogP contribution is -2.34. The van der Waals surface area contributed by atoms with Crippen molar-refractivity contribution in [2.75, 3.05) is 11.9 Å². The van der Waals surface area contributed by atoms with Crippen molar-refractivity contribution in [3.8, 4) is 11.4 Å². The van der Waals surface area contributed by atoms with Gasteiger partial charge < -0.3 is 14.7 Å². The van der Waals surface area contributed by atoms with E-state index in [1.165, 1.54) is 24.3 Å². The standard InChI is InChI=1S/C19H17FN4O2/c20-14-8-10-15(11-9-14)21-19(25)24-12-4-7-16(24)18-22-17(23-26-18)13-5-2-1-3-6-13/h1-3,5-6,8-11,16H,4,7,12H2,(H,21,25)/t16-/m0/s1. The number of carbonyl (C=O) groups is 1. The zero-order chi connectivity index (χ0) is 17.9. The third-order valence-electron chi connectivity index (χ3n) is 4.37. The van der Waals surface area contributed by atoms with Gasteiger partial charge in [0.2, 0.25) is 11.7 Å². The largest absolute Gasteiger partial charge is 0.337 e. The molecule has 1 fully saturated rings. The molecule has 0 bridgehead atoms. The highest BCUT2D eigenvalue weighted by Gasteiger charge is 2.34. The van der Waals surface area contributed by atoms with E-state index in [1.807, 2.05) is 30.3 Å². The van der Waals surface area contributed by atoms with Crippen molar-refractivity contribution in [2.24, 2.45) is 0 Å². The monoisotopic (exact) mass is 352 g/mol. The summed E-state index contributed by atoms with van der Waals surface area (Å²) in [7, 11) is 0. The van der Waals surface area contributed by atoms with Crippen molar-refractivity contribution in [1.29, 1.82) is 0 Å². The molecule has 0 saturated carbocycles. The highest BCUT2D eigenvalue weighted by Crippen LogP contribution is 2.32. The number of rotatable bonds is 3. The summed E-state index contributed by atoms with van der Waals surface area (Å²) in [6.45, 7) is 0.598. The second-order valence-corrected chi connectivity index (χ2v) is 6.11. The minimum atomic E-state index is -0.346. The molecular formula is C19H17FN4O2. The number of nitrogens with zero attached hydrogens (tertiary/aromatic N) is 3. The Kier molecular flexibility index (Phi) is 4.35. The number of likely N-dealkylation sites (tertiary alicyclic amines) is 1. The third kappa shape index (κ3) is 3.28. The molecule has 7 heteroatoms. The molecule has 3 aromatic rings. The van der Waals surface area contributed by atoms with Crippen LogP contribution >= 0.6 is 0 Å². The van der Waals surface area contributed by atoms with Gasteiger partial charge >= 0.3 is 6.03 Å². The molecule has 1 saturated heterocycles. The van der Waals surface area contributed by atoms with E-state index in [-0.39, 0.29) is 17.9 Å². The second-order valence-electron chi connectivity index (χ2n) is 6.11. The van der Waals surface area contributed by atoms with E-state index in [9.17, 15) is 9.18 Å². The van der Waals surface area contributed by atoms with Crippen LogP contribution in [0.25, 0.3) is 11.4 Å². The first-order valence-corrected chi connectivity index (χ1v) is 8.43. The maximum absolute atomic E-state index is 13.0. The van der Waals surface area contributed by atoms with Gasteiger partial charge in [0.1, 0.15) is 11.9 Å². The Balaban J connectivity index is 1.50. The van der Waals surface area contributed by atoms with E-state index in [0.29, 0.717) is 23.9 Å². The highest BCUT2D eigenvalue weighted by atomic mass is 19.1. The second kappa shape index (κ2) is 6.95. The summed E-state index contributed by atoms with van der Waals surface area (Å²) in [4.78, 5) is 18.7. The molecule has 0 unspecified atom stereocenters. The number of benzene rings is 2. The van der Waals surface area contributed by atoms with E-state index < -0.39 is 0 Å². The molecule has 4 rings (SSSR count). The van der Waals surface area contributed by atoms with Crippen molar-refractivity contribution in [2.45, 2.75) is 18.9 Å². The summed E-state index contributed by atoms with van der Waals surface area (Å²) >= 11 is 0. The van der Waals surface area contributed by atoms with Crippen molar-refractivity contribution >= 4 is 11.7 Å². The van der Waals surface area contributed by atoms with Gasteiger partial charge in [-0.2, -0.15) is 4.98 Å². The van der Waals surface area contributed by atoms with Gasteiger partial charge in [-0.25, -0.2) is 9.18 Å². The van der Waals surface area contributed by atoms with Crippen LogP contribution in [0, 0.1) is 5.82 Å². The van der Waals surface area contributed by atoms with Gasteiger partial charge in [0.05, 0.1) is 0 Å². The van der Waals surface area contributed by atoms with Gasteiger partial charge in [0, 0.05) is 17.8 Å². The van der Waals surface area contributed by atoms with Gasteiger partial charge in [-0.3, -0.25) is 0 Å². The molecule has 0 radical (unpaired) electrons. The van der Waals surface area contributed by atoms with Gasteiger partial charge in [0.15, 0.2) is 0 Å². The molecule has 1 aliphatic heterocycles. The molecule has 1 N–H and O–H groups in total. The quantitative estimate of drug-likeness (QED) is 0.765. The van der Waals surface area contributed by atoms with Crippen LogP contribution in [-0.4, -0.2) is 27.6 Å². The van der Waals surface area contributed by atoms with Crippen molar-refractivity contribution < 1.29 is 13.7 Å². The molecule has 6 nitrogen and oxygen atoms in total. The van der Waals surface area contributed by atoms with E-state index in [0.717, 1.165) is 18.4 Å². The lowest BCUT2D eigenvalue weighted by molar-refractivity contribution is 0.193. The zero-order valence-electron chi connectivity index (χ0n) is 13.9. The molecule has 2 amide bonds. The summed E-state index contributed by atoms with van der Waals surface area (Å²) in [6, 6.07) is 14.7. The summed E-state index contributed by atoms with van der Waals surface area (Å²) in [5.41, 5.74) is 1.40. The number of amides is 2. The van der Waals surface area contributed by atoms with Gasteiger partial charge in [0.25, 0.3) is 0 Å². The first-order chi connectivity index (χ1) is 12.7. The van der Waals surface area contributed by atoms with Crippen LogP contribution in [0.15, 0.2) is 59.1 Å². The van der Waals surface area contributed by atoms with Crippen LogP contribution in [0.1, 0.15) is 24.8 Å². The average Bonchev–Trinajstić information content (AvgIpc) is 3.33. The minimum Gasteiger partial charge on any atom is -0.337 e. The Bertz CT molecular complexity index is 895. The number of hydrogen-bond acceptors (Lipinski definition) is 4. The maximum Gasteiger partial charge on any atom is 0.322 e. The zero-order valence-corrected chi connectivity index (χ0v) is 13.9. The van der Waals surface area contributed by atoms with Crippen LogP contribution in [0.5, 0.6) is 0 Å². The third-order valence-corrected chi connectivity index (χ3v) is 4.37. The van der Waals surface area contributed by atoms with Gasteiger partial charge in [-0.15, -0.1) is 0 Å². The van der Waals surface area contributed by atoms with Crippen molar-refractivity contribution in [1.82, 2.24) is 15.0 Å². The number of hydrogen-bond donors (Lipinski definition) is 1. The molecule has 2 heterocycles. The van der Waals surface area contributed by atoms with E-state index in [2.05, 4.69) is 15.5 Å². The number of halogens is 1. The molecular weight excluding hydrogens is 335 g/mol. The lowest BCUT2D eigenvalue weighted by Gasteiger charge is -2.22. The van der Waals surface area contributed by atoms with E-state index >= 15 is 0 Å². The van der Waals surface area contributed by atoms with Crippen molar-refractivity contribution in [3.63, 3.8) is 0 Å². The topological polar surface area (TPSA) is 71.3 Å². The number of aromatic nitrogens is 2. The molecule has 1 aromatic heterocycles. The van der Waals surface area contributed by atoms with Gasteiger partial charge in [-0.05, 0) is 37.1 Å². The fourth-order valence-electron chi connectivity index (χ4n) is 3.07. The average molecular weight is 352 g/mol. The Hall–Kier alpha value is -3.22. The smallest absolute Gasteiger partial charge is 0.322 e. The number of urea groups is 1. The molecule has 1 atom stereocenters. The van der Waals surface area contributed by atoms with Gasteiger partial charge in [-0.1, -0.05) is 35.5 Å². The maximum atomic E-state index is 13.0. The number of nitrogens with one attached hydrogen (secondary N) is 1. The fraction of sp³-hybridized carbons (Fsp3) is 0.211. The summed E-state index contributed by atoms with van der Waals surface area (Å²) in [6.07, 6.45) is 1.61. The first-order valence-electron chi connectivity index (χ1n) is 8.43. The Morgan fingerprint density at radius 1 is 1.15 bits per heavy atom. The molecule has 1 aliphatic rings. The van der Waals surface area contributed by atoms with E-state index in [1.54, 1.807) is 4.90 Å². The molecule has 0 aliphatic carbocycles. The number of anilines is 1. The predicted octanol–water partition coefficient (Wildman–Crippen LogP) is 4.24. The Labute approximate surface area is 149 Å². The SMILES string of the molecule is O=C(Nc1ccc(F)cc1)N1CCC[C@H]1c1nc(-c2ccccc2)no1. The van der Waals surface area contributed by atoms with Crippen LogP contribution in [0.3, 0.4) is 0 Å². The summed E-state index contributed by atoms with van der Waals surface area (Å²) in [5.74, 6) is 0.586. The van der Waals surface area contributed by atoms with Crippen LogP contribution in [-0.2, 0) is 0 Å². The lowest BCUT2D eigenvalue weighted by atomic mass is 10.2. The molecule has 26 heavy (non-hydrogen) atoms. The predicted molar refractivity (Wildman–Crippen MR) is 93.8 cm³/mol.